The Morgan fingerprint density at radius 3 is 2.34 bits per heavy atom. The maximum Gasteiger partial charge on any atom is 0.410 e. The topological polar surface area (TPSA) is 74.7 Å². The molecule has 1 fully saturated rings. The lowest BCUT2D eigenvalue weighted by Crippen LogP contribution is -2.52. The molecule has 1 aliphatic heterocycles. The average molecular weight is 625 g/mol. The number of anilines is 1. The van der Waals surface area contributed by atoms with Crippen LogP contribution < -0.4 is 9.64 Å². The van der Waals surface area contributed by atoms with Crippen LogP contribution in [-0.4, -0.2) is 74.1 Å². The first-order valence-electron chi connectivity index (χ1n) is 14.9. The quantitative estimate of drug-likeness (QED) is 0.183. The number of halogens is 2. The molecule has 0 spiro atoms. The molecule has 1 heterocycles. The molecule has 0 N–H and O–H groups in total. The van der Waals surface area contributed by atoms with E-state index in [1.165, 1.54) is 13.2 Å². The van der Waals surface area contributed by atoms with Gasteiger partial charge < -0.3 is 19.3 Å². The summed E-state index contributed by atoms with van der Waals surface area (Å²) >= 11 is 6.92. The number of hydrogen-bond acceptors (Lipinski definition) is 5. The molecule has 8 nitrogen and oxygen atoms in total. The van der Waals surface area contributed by atoms with Gasteiger partial charge in [-0.15, -0.1) is 0 Å². The highest BCUT2D eigenvalue weighted by atomic mass is 35.5. The third-order valence-corrected chi connectivity index (χ3v) is 7.96. The van der Waals surface area contributed by atoms with Crippen molar-refractivity contribution in [2.45, 2.75) is 53.1 Å². The molecule has 2 aliphatic rings. The maximum atomic E-state index is 15.3. The van der Waals surface area contributed by atoms with Gasteiger partial charge in [0, 0.05) is 55.1 Å². The van der Waals surface area contributed by atoms with Gasteiger partial charge in [0.25, 0.3) is 0 Å². The first-order valence-corrected chi connectivity index (χ1v) is 15.3. The first-order chi connectivity index (χ1) is 20.9. The molecule has 0 bridgehead atoms. The van der Waals surface area contributed by atoms with Gasteiger partial charge in [-0.05, 0) is 69.4 Å². The van der Waals surface area contributed by atoms with Gasteiger partial charge in [0.2, 0.25) is 6.41 Å². The Balaban J connectivity index is 1.83. The molecule has 0 saturated carbocycles. The number of allylic oxidation sites excluding steroid dienone is 3. The van der Waals surface area contributed by atoms with Crippen LogP contribution in [0.5, 0.6) is 5.75 Å². The van der Waals surface area contributed by atoms with Gasteiger partial charge in [0.15, 0.2) is 0 Å². The van der Waals surface area contributed by atoms with E-state index in [0.717, 1.165) is 30.5 Å². The van der Waals surface area contributed by atoms with E-state index in [1.807, 2.05) is 20.8 Å². The van der Waals surface area contributed by atoms with E-state index in [-0.39, 0.29) is 22.6 Å². The van der Waals surface area contributed by atoms with Crippen LogP contribution in [0.1, 0.15) is 53.0 Å². The van der Waals surface area contributed by atoms with E-state index in [2.05, 4.69) is 35.9 Å². The van der Waals surface area contributed by atoms with E-state index in [9.17, 15) is 9.59 Å². The number of ether oxygens (including phenoxy) is 2. The number of piperazine rings is 1. The van der Waals surface area contributed by atoms with E-state index >= 15 is 4.39 Å². The predicted octanol–water partition coefficient (Wildman–Crippen LogP) is 7.31. The number of amidine groups is 1. The summed E-state index contributed by atoms with van der Waals surface area (Å²) in [7, 11) is 3.16. The SMILES string of the molecule is CN=C(c1cc(Cl)c(-c2c(F)cccc2OC)cc1N(C=O)C1=CCCC=C1C(C)C)N1CCN(C(=O)OC(C)(C)C)CC1. The van der Waals surface area contributed by atoms with Gasteiger partial charge in [-0.3, -0.25) is 14.7 Å². The summed E-state index contributed by atoms with van der Waals surface area (Å²) in [5.74, 6) is 0.609. The minimum absolute atomic E-state index is 0.172. The highest BCUT2D eigenvalue weighted by Gasteiger charge is 2.31. The third-order valence-electron chi connectivity index (χ3n) is 7.64. The maximum absolute atomic E-state index is 15.3. The minimum atomic E-state index is -0.589. The smallest absolute Gasteiger partial charge is 0.410 e. The predicted molar refractivity (Wildman–Crippen MR) is 174 cm³/mol. The van der Waals surface area contributed by atoms with Crippen LogP contribution >= 0.6 is 11.6 Å². The largest absolute Gasteiger partial charge is 0.496 e. The summed E-state index contributed by atoms with van der Waals surface area (Å²) in [5.41, 5.74) is 2.97. The Kier molecular flexibility index (Phi) is 10.4. The molecule has 236 valence electrons. The summed E-state index contributed by atoms with van der Waals surface area (Å²) in [6.07, 6.45) is 6.33. The normalized spacial score (nSPS) is 16.0. The third kappa shape index (κ3) is 7.09. The van der Waals surface area contributed by atoms with Crippen molar-refractivity contribution in [2.75, 3.05) is 45.2 Å². The van der Waals surface area contributed by atoms with Gasteiger partial charge in [0.1, 0.15) is 23.0 Å². The van der Waals surface area contributed by atoms with Crippen molar-refractivity contribution in [3.8, 4) is 16.9 Å². The Hall–Kier alpha value is -3.85. The van der Waals surface area contributed by atoms with Crippen molar-refractivity contribution in [2.24, 2.45) is 10.9 Å². The fourth-order valence-electron chi connectivity index (χ4n) is 5.62. The highest BCUT2D eigenvalue weighted by molar-refractivity contribution is 6.34. The number of hydrogen-bond donors (Lipinski definition) is 0. The van der Waals surface area contributed by atoms with Crippen LogP contribution in [0.25, 0.3) is 11.1 Å². The van der Waals surface area contributed by atoms with Crippen LogP contribution in [0.2, 0.25) is 5.02 Å². The monoisotopic (exact) mass is 624 g/mol. The van der Waals surface area contributed by atoms with E-state index in [1.54, 1.807) is 41.1 Å². The summed E-state index contributed by atoms with van der Waals surface area (Å²) in [6, 6.07) is 8.07. The van der Waals surface area contributed by atoms with Crippen molar-refractivity contribution >= 4 is 35.6 Å². The van der Waals surface area contributed by atoms with Crippen LogP contribution in [0.4, 0.5) is 14.9 Å². The molecule has 0 radical (unpaired) electrons. The van der Waals surface area contributed by atoms with Crippen LogP contribution in [0, 0.1) is 11.7 Å². The molecular weight excluding hydrogens is 583 g/mol. The molecule has 0 aromatic heterocycles. The van der Waals surface area contributed by atoms with Gasteiger partial charge >= 0.3 is 6.09 Å². The molecular formula is C34H42ClFN4O4. The molecule has 2 aromatic rings. The second-order valence-corrected chi connectivity index (χ2v) is 12.5. The highest BCUT2D eigenvalue weighted by Crippen LogP contribution is 2.42. The van der Waals surface area contributed by atoms with Gasteiger partial charge in [-0.25, -0.2) is 9.18 Å². The number of methoxy groups -OCH3 is 1. The molecule has 0 atom stereocenters. The molecule has 1 saturated heterocycles. The van der Waals surface area contributed by atoms with Crippen LogP contribution in [-0.2, 0) is 9.53 Å². The lowest BCUT2D eigenvalue weighted by atomic mass is 9.92. The second-order valence-electron chi connectivity index (χ2n) is 12.1. The number of nitrogens with zero attached hydrogens (tertiary/aromatic N) is 4. The molecule has 10 heteroatoms. The lowest BCUT2D eigenvalue weighted by Gasteiger charge is -2.38. The summed E-state index contributed by atoms with van der Waals surface area (Å²) in [5, 5.41) is 0.281. The van der Waals surface area contributed by atoms with Crippen molar-refractivity contribution in [1.29, 1.82) is 0 Å². The molecule has 44 heavy (non-hydrogen) atoms. The number of benzene rings is 2. The Labute approximate surface area is 264 Å². The summed E-state index contributed by atoms with van der Waals surface area (Å²) in [4.78, 5) is 35.7. The molecule has 4 rings (SSSR count). The number of carbonyl (C=O) groups excluding carboxylic acids is 2. The van der Waals surface area contributed by atoms with E-state index in [0.29, 0.717) is 54.6 Å². The zero-order chi connectivity index (χ0) is 32.2. The zero-order valence-corrected chi connectivity index (χ0v) is 27.4. The van der Waals surface area contributed by atoms with Gasteiger partial charge in [0.05, 0.1) is 18.4 Å². The number of aliphatic imine (C=N–C) groups is 1. The fraction of sp³-hybridized carbons (Fsp3) is 0.441. The van der Waals surface area contributed by atoms with Gasteiger partial charge in [-0.1, -0.05) is 43.7 Å². The molecule has 1 aliphatic carbocycles. The van der Waals surface area contributed by atoms with Crippen molar-refractivity contribution in [1.82, 2.24) is 9.80 Å². The number of amides is 2. The van der Waals surface area contributed by atoms with Crippen LogP contribution in [0.15, 0.2) is 58.7 Å². The van der Waals surface area contributed by atoms with E-state index in [4.69, 9.17) is 21.1 Å². The second kappa shape index (κ2) is 13.8. The van der Waals surface area contributed by atoms with E-state index < -0.39 is 11.4 Å². The van der Waals surface area contributed by atoms with Crippen LogP contribution in [0.3, 0.4) is 0 Å². The summed E-state index contributed by atoms with van der Waals surface area (Å²) < 4.78 is 26.4. The van der Waals surface area contributed by atoms with Crippen molar-refractivity contribution < 1.29 is 23.5 Å². The Morgan fingerprint density at radius 2 is 1.75 bits per heavy atom. The zero-order valence-electron chi connectivity index (χ0n) is 26.6. The lowest BCUT2D eigenvalue weighted by molar-refractivity contribution is -0.107. The molecule has 2 amide bonds. The number of carbonyl (C=O) groups is 2. The average Bonchev–Trinajstić information content (AvgIpc) is 2.98. The standard InChI is InChI=1S/C34H42ClFN4O4/c1-22(2)23-11-8-9-13-28(23)40(21-41)29-20-24(31-27(36)12-10-14-30(31)43-7)26(35)19-25(29)32(37-6)38-15-17-39(18-16-38)33(42)44-34(3,4)5/h10-14,19-22H,8-9,15-18H2,1-7H3. The Morgan fingerprint density at radius 1 is 1.09 bits per heavy atom. The minimum Gasteiger partial charge on any atom is -0.496 e. The van der Waals surface area contributed by atoms with Crippen molar-refractivity contribution in [3.63, 3.8) is 0 Å². The molecule has 0 unspecified atom stereocenters. The fourth-order valence-corrected chi connectivity index (χ4v) is 5.88. The summed E-state index contributed by atoms with van der Waals surface area (Å²) in [6.45, 7) is 11.6. The van der Waals surface area contributed by atoms with Crippen molar-refractivity contribution in [3.05, 3.63) is 70.2 Å². The van der Waals surface area contributed by atoms with Gasteiger partial charge in [-0.2, -0.15) is 0 Å². The Bertz CT molecular complexity index is 1490. The number of rotatable bonds is 7. The molecule has 2 aromatic carbocycles. The first kappa shape index (κ1) is 33.1.